The summed E-state index contributed by atoms with van der Waals surface area (Å²) in [5.74, 6) is -1.75. The van der Waals surface area contributed by atoms with E-state index in [-0.39, 0.29) is 11.3 Å². The Morgan fingerprint density at radius 3 is 2.55 bits per heavy atom. The number of hydrogen-bond donors (Lipinski definition) is 2. The molecule has 2 aromatic rings. The van der Waals surface area contributed by atoms with Gasteiger partial charge in [0.25, 0.3) is 5.91 Å². The van der Waals surface area contributed by atoms with Gasteiger partial charge < -0.3 is 10.4 Å². The minimum absolute atomic E-state index is 0.199. The van der Waals surface area contributed by atoms with Crippen LogP contribution >= 0.6 is 23.2 Å². The number of rotatable bonds is 2. The van der Waals surface area contributed by atoms with Crippen LogP contribution in [0.15, 0.2) is 30.3 Å². The van der Waals surface area contributed by atoms with Crippen LogP contribution in [0, 0.1) is 12.7 Å². The van der Waals surface area contributed by atoms with Crippen molar-refractivity contribution in [1.29, 1.82) is 0 Å². The van der Waals surface area contributed by atoms with E-state index in [1.807, 2.05) is 0 Å². The first-order valence-corrected chi connectivity index (χ1v) is 6.39. The predicted octanol–water partition coefficient (Wildman–Crippen LogP) is 4.40. The van der Waals surface area contributed by atoms with Gasteiger partial charge in [0, 0.05) is 11.1 Å². The fourth-order valence-electron chi connectivity index (χ4n) is 1.62. The molecule has 0 aliphatic heterocycles. The number of hydrogen-bond acceptors (Lipinski definition) is 2. The van der Waals surface area contributed by atoms with Gasteiger partial charge in [0.2, 0.25) is 0 Å². The van der Waals surface area contributed by atoms with Gasteiger partial charge in [0.15, 0.2) is 0 Å². The highest BCUT2D eigenvalue weighted by Crippen LogP contribution is 2.29. The summed E-state index contributed by atoms with van der Waals surface area (Å²) in [4.78, 5) is 12.0. The van der Waals surface area contributed by atoms with Crippen LogP contribution < -0.4 is 5.32 Å². The molecule has 0 aliphatic rings. The molecule has 2 N–H and O–H groups in total. The Morgan fingerprint density at radius 2 is 1.90 bits per heavy atom. The molecule has 0 spiro atoms. The molecule has 0 bridgehead atoms. The summed E-state index contributed by atoms with van der Waals surface area (Å²) >= 11 is 11.9. The Hall–Kier alpha value is -1.78. The smallest absolute Gasteiger partial charge is 0.258 e. The van der Waals surface area contributed by atoms with Gasteiger partial charge in [-0.3, -0.25) is 4.79 Å². The molecule has 0 radical (unpaired) electrons. The van der Waals surface area contributed by atoms with Crippen molar-refractivity contribution in [2.75, 3.05) is 5.32 Å². The lowest BCUT2D eigenvalue weighted by Crippen LogP contribution is -2.14. The number of aromatic hydroxyl groups is 1. The minimum atomic E-state index is -0.822. The molecule has 0 saturated carbocycles. The van der Waals surface area contributed by atoms with Gasteiger partial charge in [0.1, 0.15) is 11.6 Å². The van der Waals surface area contributed by atoms with Crippen LogP contribution in [0.1, 0.15) is 15.9 Å². The van der Waals surface area contributed by atoms with Crippen LogP contribution in [0.25, 0.3) is 0 Å². The van der Waals surface area contributed by atoms with E-state index in [1.54, 1.807) is 13.0 Å². The van der Waals surface area contributed by atoms with E-state index >= 15 is 0 Å². The molecule has 20 heavy (non-hydrogen) atoms. The van der Waals surface area contributed by atoms with E-state index in [4.69, 9.17) is 28.3 Å². The number of phenols is 1. The molecule has 0 aromatic heterocycles. The molecule has 2 aromatic carbocycles. The van der Waals surface area contributed by atoms with E-state index < -0.39 is 11.7 Å². The number of halogens is 3. The standard InChI is InChI=1S/C14H10Cl2FNO2/c1-7-4-11(16)13(6-10(7)15)18-14(20)9-3-2-8(19)5-12(9)17/h2-6,19H,1H3,(H,18,20). The van der Waals surface area contributed by atoms with Crippen molar-refractivity contribution >= 4 is 34.8 Å². The zero-order valence-corrected chi connectivity index (χ0v) is 11.9. The van der Waals surface area contributed by atoms with E-state index in [0.717, 1.165) is 11.6 Å². The van der Waals surface area contributed by atoms with Crippen molar-refractivity contribution in [3.63, 3.8) is 0 Å². The maximum atomic E-state index is 13.6. The van der Waals surface area contributed by atoms with Crippen molar-refractivity contribution in [3.8, 4) is 5.75 Å². The number of anilines is 1. The fraction of sp³-hybridized carbons (Fsp3) is 0.0714. The second kappa shape index (κ2) is 5.69. The number of carbonyl (C=O) groups is 1. The Bertz CT molecular complexity index is 689. The Kier molecular flexibility index (Phi) is 4.16. The highest BCUT2D eigenvalue weighted by molar-refractivity contribution is 6.36. The molecule has 1 amide bonds. The normalized spacial score (nSPS) is 10.4. The predicted molar refractivity (Wildman–Crippen MR) is 77.2 cm³/mol. The summed E-state index contributed by atoms with van der Waals surface area (Å²) in [6.45, 7) is 1.78. The number of benzene rings is 2. The summed E-state index contributed by atoms with van der Waals surface area (Å²) in [7, 11) is 0. The van der Waals surface area contributed by atoms with Gasteiger partial charge >= 0.3 is 0 Å². The first kappa shape index (κ1) is 14.6. The third-order valence-corrected chi connectivity index (χ3v) is 3.41. The molecule has 0 fully saturated rings. The third-order valence-electron chi connectivity index (χ3n) is 2.69. The zero-order chi connectivity index (χ0) is 14.9. The average Bonchev–Trinajstić information content (AvgIpc) is 2.35. The van der Waals surface area contributed by atoms with E-state index in [0.29, 0.717) is 15.7 Å². The Labute approximate surface area is 124 Å². The number of carbonyl (C=O) groups excluding carboxylic acids is 1. The van der Waals surface area contributed by atoms with Crippen LogP contribution in [0.4, 0.5) is 10.1 Å². The number of aryl methyl sites for hydroxylation is 1. The molecule has 2 rings (SSSR count). The number of phenolic OH excluding ortho intramolecular Hbond substituents is 1. The molecular weight excluding hydrogens is 304 g/mol. The van der Waals surface area contributed by atoms with Gasteiger partial charge in [-0.1, -0.05) is 23.2 Å². The summed E-state index contributed by atoms with van der Waals surface area (Å²) in [5.41, 5.74) is 0.862. The van der Waals surface area contributed by atoms with Crippen LogP contribution in [-0.4, -0.2) is 11.0 Å². The minimum Gasteiger partial charge on any atom is -0.508 e. The highest BCUT2D eigenvalue weighted by Gasteiger charge is 2.14. The van der Waals surface area contributed by atoms with Gasteiger partial charge in [-0.15, -0.1) is 0 Å². The van der Waals surface area contributed by atoms with Gasteiger partial charge in [-0.2, -0.15) is 0 Å². The number of amides is 1. The Balaban J connectivity index is 2.30. The van der Waals surface area contributed by atoms with E-state index in [1.165, 1.54) is 18.2 Å². The average molecular weight is 314 g/mol. The first-order chi connectivity index (χ1) is 9.38. The fourth-order valence-corrected chi connectivity index (χ4v) is 2.05. The highest BCUT2D eigenvalue weighted by atomic mass is 35.5. The summed E-state index contributed by atoms with van der Waals surface area (Å²) in [5, 5.41) is 12.3. The largest absolute Gasteiger partial charge is 0.508 e. The molecule has 0 unspecified atom stereocenters. The Morgan fingerprint density at radius 1 is 1.20 bits per heavy atom. The van der Waals surface area contributed by atoms with Crippen molar-refractivity contribution < 1.29 is 14.3 Å². The summed E-state index contributed by atoms with van der Waals surface area (Å²) in [6.07, 6.45) is 0. The molecule has 0 heterocycles. The van der Waals surface area contributed by atoms with Gasteiger partial charge in [-0.25, -0.2) is 4.39 Å². The molecule has 0 saturated heterocycles. The van der Waals surface area contributed by atoms with Crippen molar-refractivity contribution in [1.82, 2.24) is 0 Å². The second-order valence-electron chi connectivity index (χ2n) is 4.20. The lowest BCUT2D eigenvalue weighted by Gasteiger charge is -2.10. The maximum Gasteiger partial charge on any atom is 0.258 e. The molecule has 6 heteroatoms. The molecule has 0 aliphatic carbocycles. The van der Waals surface area contributed by atoms with Crippen molar-refractivity contribution in [2.45, 2.75) is 6.92 Å². The quantitative estimate of drug-likeness (QED) is 0.863. The van der Waals surface area contributed by atoms with Gasteiger partial charge in [-0.05, 0) is 36.8 Å². The molecular formula is C14H10Cl2FNO2. The zero-order valence-electron chi connectivity index (χ0n) is 10.4. The van der Waals surface area contributed by atoms with Crippen LogP contribution in [0.5, 0.6) is 5.75 Å². The monoisotopic (exact) mass is 313 g/mol. The third kappa shape index (κ3) is 3.03. The van der Waals surface area contributed by atoms with Gasteiger partial charge in [0.05, 0.1) is 16.3 Å². The lowest BCUT2D eigenvalue weighted by molar-refractivity contribution is 0.102. The molecule has 104 valence electrons. The summed E-state index contributed by atoms with van der Waals surface area (Å²) in [6, 6.07) is 6.37. The summed E-state index contributed by atoms with van der Waals surface area (Å²) < 4.78 is 13.6. The molecule has 0 atom stereocenters. The number of nitrogens with one attached hydrogen (secondary N) is 1. The first-order valence-electron chi connectivity index (χ1n) is 5.64. The van der Waals surface area contributed by atoms with Crippen LogP contribution in [-0.2, 0) is 0 Å². The van der Waals surface area contributed by atoms with Crippen LogP contribution in [0.3, 0.4) is 0 Å². The van der Waals surface area contributed by atoms with Crippen molar-refractivity contribution in [2.24, 2.45) is 0 Å². The second-order valence-corrected chi connectivity index (χ2v) is 5.01. The lowest BCUT2D eigenvalue weighted by atomic mass is 10.1. The molecule has 3 nitrogen and oxygen atoms in total. The van der Waals surface area contributed by atoms with Crippen LogP contribution in [0.2, 0.25) is 10.0 Å². The van der Waals surface area contributed by atoms with E-state index in [9.17, 15) is 9.18 Å². The topological polar surface area (TPSA) is 49.3 Å². The SMILES string of the molecule is Cc1cc(Cl)c(NC(=O)c2ccc(O)cc2F)cc1Cl. The van der Waals surface area contributed by atoms with Crippen molar-refractivity contribution in [3.05, 3.63) is 57.3 Å². The van der Waals surface area contributed by atoms with E-state index in [2.05, 4.69) is 5.32 Å². The maximum absolute atomic E-state index is 13.6.